The van der Waals surface area contributed by atoms with Crippen molar-refractivity contribution in [1.82, 2.24) is 0 Å². The van der Waals surface area contributed by atoms with Crippen LogP contribution in [-0.4, -0.2) is 17.3 Å². The van der Waals surface area contributed by atoms with Crippen LogP contribution < -0.4 is 0 Å². The number of fused-ring (bicyclic) bond motifs is 1. The first-order valence-corrected chi connectivity index (χ1v) is 11.7. The Hall–Kier alpha value is -2.06. The molecule has 2 aromatic rings. The summed E-state index contributed by atoms with van der Waals surface area (Å²) < 4.78 is 2.37. The lowest BCUT2D eigenvalue weighted by Gasteiger charge is -2.26. The van der Waals surface area contributed by atoms with Gasteiger partial charge in [0.1, 0.15) is 7.05 Å². The first-order chi connectivity index (χ1) is 14.0. The summed E-state index contributed by atoms with van der Waals surface area (Å²) in [5, 5.41) is 0. The molecule has 0 spiro atoms. The van der Waals surface area contributed by atoms with Crippen molar-refractivity contribution in [2.75, 3.05) is 7.05 Å². The third-order valence-corrected chi connectivity index (χ3v) is 7.86. The number of rotatable bonds is 5. The standard InChI is InChI=1S/C27H32NS/c1-5-20-12-11-13-21(26(20)29-22-14-7-6-8-15-22)18-19-25-27(2,3)23-16-9-10-17-24(23)28(25)4/h6-10,14-20H,5,11-13H2,1-4H3/q+1/b19-18+. The lowest BCUT2D eigenvalue weighted by Crippen LogP contribution is -2.26. The lowest BCUT2D eigenvalue weighted by molar-refractivity contribution is -0.401. The van der Waals surface area contributed by atoms with Crippen LogP contribution >= 0.6 is 11.8 Å². The molecule has 1 heterocycles. The number of benzene rings is 2. The van der Waals surface area contributed by atoms with E-state index in [9.17, 15) is 0 Å². The molecule has 150 valence electrons. The SMILES string of the molecule is CCC1CCCC(/C=C/C2=[N+](C)c3ccccc3C2(C)C)=C1Sc1ccccc1. The zero-order valence-corrected chi connectivity index (χ0v) is 18.9. The van der Waals surface area contributed by atoms with Crippen LogP contribution in [0.1, 0.15) is 52.0 Å². The van der Waals surface area contributed by atoms with Gasteiger partial charge in [-0.3, -0.25) is 0 Å². The molecule has 4 rings (SSSR count). The number of hydrogen-bond donors (Lipinski definition) is 0. The Bertz CT molecular complexity index is 979. The van der Waals surface area contributed by atoms with E-state index >= 15 is 0 Å². The molecule has 2 heteroatoms. The fourth-order valence-electron chi connectivity index (χ4n) is 4.86. The van der Waals surface area contributed by atoms with E-state index in [1.54, 1.807) is 4.91 Å². The van der Waals surface area contributed by atoms with Gasteiger partial charge in [0, 0.05) is 22.6 Å². The summed E-state index contributed by atoms with van der Waals surface area (Å²) in [4.78, 5) is 2.94. The minimum absolute atomic E-state index is 0.0357. The fourth-order valence-corrected chi connectivity index (χ4v) is 6.16. The number of hydrogen-bond acceptors (Lipinski definition) is 1. The molecule has 0 radical (unpaired) electrons. The van der Waals surface area contributed by atoms with Gasteiger partial charge in [0.2, 0.25) is 5.69 Å². The first-order valence-electron chi connectivity index (χ1n) is 10.9. The van der Waals surface area contributed by atoms with Crippen LogP contribution in [-0.2, 0) is 5.41 Å². The average Bonchev–Trinajstić information content (AvgIpc) is 2.94. The summed E-state index contributed by atoms with van der Waals surface area (Å²) in [5.74, 6) is 0.685. The molecule has 1 atom stereocenters. The predicted octanol–water partition coefficient (Wildman–Crippen LogP) is 7.51. The molecule has 2 aliphatic rings. The van der Waals surface area contributed by atoms with E-state index in [0.29, 0.717) is 5.92 Å². The Morgan fingerprint density at radius 1 is 1.03 bits per heavy atom. The zero-order chi connectivity index (χ0) is 20.4. The molecule has 0 fully saturated rings. The van der Waals surface area contributed by atoms with E-state index in [4.69, 9.17) is 0 Å². The number of nitrogens with zero attached hydrogens (tertiary/aromatic N) is 1. The van der Waals surface area contributed by atoms with Gasteiger partial charge in [-0.15, -0.1) is 0 Å². The Labute approximate surface area is 180 Å². The molecular weight excluding hydrogens is 370 g/mol. The third kappa shape index (κ3) is 3.88. The molecule has 1 aliphatic carbocycles. The van der Waals surface area contributed by atoms with Crippen molar-refractivity contribution in [1.29, 1.82) is 0 Å². The second-order valence-electron chi connectivity index (χ2n) is 8.72. The second kappa shape index (κ2) is 8.36. The molecule has 0 bridgehead atoms. The van der Waals surface area contributed by atoms with Crippen molar-refractivity contribution in [3.8, 4) is 0 Å². The number of thioether (sulfide) groups is 1. The minimum Gasteiger partial charge on any atom is -0.198 e. The van der Waals surface area contributed by atoms with Gasteiger partial charge >= 0.3 is 0 Å². The molecule has 0 amide bonds. The van der Waals surface area contributed by atoms with Crippen LogP contribution in [0.4, 0.5) is 5.69 Å². The lowest BCUT2D eigenvalue weighted by atomic mass is 9.81. The summed E-state index contributed by atoms with van der Waals surface area (Å²) in [7, 11) is 2.21. The maximum Gasteiger partial charge on any atom is 0.209 e. The van der Waals surface area contributed by atoms with E-state index in [2.05, 4.69) is 99.1 Å². The molecule has 29 heavy (non-hydrogen) atoms. The molecular formula is C27H32NS+. The Kier molecular flexibility index (Phi) is 5.83. The predicted molar refractivity (Wildman–Crippen MR) is 126 cm³/mol. The fraction of sp³-hybridized carbons (Fsp3) is 0.370. The van der Waals surface area contributed by atoms with Crippen LogP contribution in [0, 0.1) is 5.92 Å². The van der Waals surface area contributed by atoms with Crippen LogP contribution in [0.5, 0.6) is 0 Å². The highest BCUT2D eigenvalue weighted by molar-refractivity contribution is 8.03. The number of para-hydroxylation sites is 1. The highest BCUT2D eigenvalue weighted by Gasteiger charge is 2.42. The largest absolute Gasteiger partial charge is 0.209 e. The summed E-state index contributed by atoms with van der Waals surface area (Å²) >= 11 is 1.98. The molecule has 1 aliphatic heterocycles. The average molecular weight is 403 g/mol. The van der Waals surface area contributed by atoms with Gasteiger partial charge in [0.15, 0.2) is 5.71 Å². The van der Waals surface area contributed by atoms with Gasteiger partial charge in [-0.1, -0.05) is 61.2 Å². The highest BCUT2D eigenvalue weighted by atomic mass is 32.2. The number of allylic oxidation sites excluding steroid dienone is 4. The summed E-state index contributed by atoms with van der Waals surface area (Å²) in [5.41, 5.74) is 5.71. The molecule has 0 saturated carbocycles. The van der Waals surface area contributed by atoms with Gasteiger partial charge in [-0.05, 0) is 68.1 Å². The summed E-state index contributed by atoms with van der Waals surface area (Å²) in [6, 6.07) is 19.7. The van der Waals surface area contributed by atoms with Gasteiger partial charge in [0.25, 0.3) is 0 Å². The maximum absolute atomic E-state index is 2.42. The summed E-state index contributed by atoms with van der Waals surface area (Å²) in [6.07, 6.45) is 9.83. The molecule has 2 aromatic carbocycles. The molecule has 0 saturated heterocycles. The van der Waals surface area contributed by atoms with E-state index < -0.39 is 0 Å². The van der Waals surface area contributed by atoms with Crippen LogP contribution in [0.2, 0.25) is 0 Å². The van der Waals surface area contributed by atoms with Crippen LogP contribution in [0.25, 0.3) is 0 Å². The van der Waals surface area contributed by atoms with Gasteiger partial charge in [0.05, 0.1) is 5.41 Å². The van der Waals surface area contributed by atoms with E-state index in [-0.39, 0.29) is 5.41 Å². The molecule has 0 N–H and O–H groups in total. The second-order valence-corrected chi connectivity index (χ2v) is 9.84. The Balaban J connectivity index is 1.70. The van der Waals surface area contributed by atoms with Crippen LogP contribution in [0.15, 0.2) is 82.1 Å². The third-order valence-electron chi connectivity index (χ3n) is 6.53. The molecule has 1 unspecified atom stereocenters. The van der Waals surface area contributed by atoms with Crippen molar-refractivity contribution in [3.63, 3.8) is 0 Å². The topological polar surface area (TPSA) is 3.01 Å². The molecule has 0 aromatic heterocycles. The van der Waals surface area contributed by atoms with Crippen molar-refractivity contribution >= 4 is 23.2 Å². The monoisotopic (exact) mass is 402 g/mol. The van der Waals surface area contributed by atoms with Gasteiger partial charge in [-0.25, -0.2) is 0 Å². The van der Waals surface area contributed by atoms with E-state index in [1.807, 2.05) is 11.8 Å². The normalized spacial score (nSPS) is 21.2. The Morgan fingerprint density at radius 2 is 1.76 bits per heavy atom. The summed E-state index contributed by atoms with van der Waals surface area (Å²) in [6.45, 7) is 7.03. The maximum atomic E-state index is 2.42. The van der Waals surface area contributed by atoms with E-state index in [0.717, 1.165) is 0 Å². The van der Waals surface area contributed by atoms with Crippen molar-refractivity contribution < 1.29 is 4.58 Å². The van der Waals surface area contributed by atoms with E-state index in [1.165, 1.54) is 53.1 Å². The minimum atomic E-state index is 0.0357. The smallest absolute Gasteiger partial charge is 0.198 e. The van der Waals surface area contributed by atoms with Gasteiger partial charge < -0.3 is 0 Å². The van der Waals surface area contributed by atoms with Crippen molar-refractivity contribution in [2.24, 2.45) is 5.92 Å². The zero-order valence-electron chi connectivity index (χ0n) is 18.1. The highest BCUT2D eigenvalue weighted by Crippen LogP contribution is 2.44. The quantitative estimate of drug-likeness (QED) is 0.468. The van der Waals surface area contributed by atoms with Crippen molar-refractivity contribution in [2.45, 2.75) is 56.8 Å². The van der Waals surface area contributed by atoms with Crippen LogP contribution in [0.3, 0.4) is 0 Å². The molecule has 1 nitrogen and oxygen atoms in total. The Morgan fingerprint density at radius 3 is 2.48 bits per heavy atom. The van der Waals surface area contributed by atoms with Gasteiger partial charge in [-0.2, -0.15) is 4.58 Å². The first kappa shape index (κ1) is 20.2. The van der Waals surface area contributed by atoms with Crippen molar-refractivity contribution in [3.05, 3.63) is 82.8 Å².